The van der Waals surface area contributed by atoms with Crippen molar-refractivity contribution in [3.05, 3.63) is 12.2 Å². The molecule has 0 saturated carbocycles. The van der Waals surface area contributed by atoms with Crippen LogP contribution in [0, 0.1) is 0 Å². The Hall–Kier alpha value is -1.36. The highest BCUT2D eigenvalue weighted by molar-refractivity contribution is 5.93. The highest BCUT2D eigenvalue weighted by Gasteiger charge is 2.24. The summed E-state index contributed by atoms with van der Waals surface area (Å²) in [6, 6.07) is 0. The Morgan fingerprint density at radius 3 is 2.27 bits per heavy atom. The number of hydrogen-bond donors (Lipinski definition) is 1. The van der Waals surface area contributed by atoms with Crippen LogP contribution in [0.15, 0.2) is 12.2 Å². The van der Waals surface area contributed by atoms with E-state index in [2.05, 4.69) is 0 Å². The number of morpholine rings is 1. The molecule has 0 spiro atoms. The van der Waals surface area contributed by atoms with E-state index >= 15 is 0 Å². The first-order valence-electron chi connectivity index (χ1n) is 4.84. The number of amides is 1. The molecule has 2 atom stereocenters. The molecule has 1 aliphatic rings. The van der Waals surface area contributed by atoms with Crippen molar-refractivity contribution in [1.29, 1.82) is 0 Å². The zero-order chi connectivity index (χ0) is 11.4. The van der Waals surface area contributed by atoms with Crippen LogP contribution in [0.4, 0.5) is 0 Å². The Kier molecular flexibility index (Phi) is 3.85. The molecule has 15 heavy (non-hydrogen) atoms. The summed E-state index contributed by atoms with van der Waals surface area (Å²) in [4.78, 5) is 23.3. The number of carboxylic acid groups (broad SMARTS) is 1. The molecule has 5 nitrogen and oxygen atoms in total. The Bertz CT molecular complexity index is 277. The van der Waals surface area contributed by atoms with Crippen molar-refractivity contribution in [2.75, 3.05) is 13.1 Å². The molecule has 0 radical (unpaired) electrons. The van der Waals surface area contributed by atoms with Gasteiger partial charge in [-0.3, -0.25) is 4.79 Å². The van der Waals surface area contributed by atoms with E-state index in [1.54, 1.807) is 4.90 Å². The molecule has 0 aromatic heterocycles. The fraction of sp³-hybridized carbons (Fsp3) is 0.600. The van der Waals surface area contributed by atoms with Crippen molar-refractivity contribution in [3.63, 3.8) is 0 Å². The average molecular weight is 213 g/mol. The summed E-state index contributed by atoms with van der Waals surface area (Å²) in [6.07, 6.45) is 1.92. The number of carbonyl (C=O) groups is 2. The minimum atomic E-state index is -1.11. The van der Waals surface area contributed by atoms with Crippen LogP contribution in [0.2, 0.25) is 0 Å². The predicted octanol–water partition coefficient (Wildman–Crippen LogP) is 0.263. The second-order valence-electron chi connectivity index (χ2n) is 3.67. The molecule has 1 aliphatic heterocycles. The Labute approximate surface area is 88.3 Å². The first-order valence-corrected chi connectivity index (χ1v) is 4.84. The normalized spacial score (nSPS) is 26.9. The van der Waals surface area contributed by atoms with Gasteiger partial charge in [-0.15, -0.1) is 0 Å². The Morgan fingerprint density at radius 2 is 1.80 bits per heavy atom. The molecule has 84 valence electrons. The summed E-state index contributed by atoms with van der Waals surface area (Å²) in [6.45, 7) is 4.79. The lowest BCUT2D eigenvalue weighted by Gasteiger charge is -2.34. The number of carboxylic acids is 1. The minimum absolute atomic E-state index is 0.00377. The largest absolute Gasteiger partial charge is 0.478 e. The average Bonchev–Trinajstić information content (AvgIpc) is 2.12. The van der Waals surface area contributed by atoms with E-state index < -0.39 is 5.97 Å². The van der Waals surface area contributed by atoms with E-state index in [1.807, 2.05) is 13.8 Å². The van der Waals surface area contributed by atoms with Crippen LogP contribution in [0.1, 0.15) is 13.8 Å². The van der Waals surface area contributed by atoms with Crippen molar-refractivity contribution in [2.45, 2.75) is 26.1 Å². The molecule has 0 aliphatic carbocycles. The van der Waals surface area contributed by atoms with Gasteiger partial charge < -0.3 is 14.7 Å². The van der Waals surface area contributed by atoms with Crippen LogP contribution in [-0.4, -0.2) is 47.2 Å². The quantitative estimate of drug-likeness (QED) is 0.668. The first kappa shape index (κ1) is 11.7. The molecular weight excluding hydrogens is 198 g/mol. The lowest BCUT2D eigenvalue weighted by Crippen LogP contribution is -2.47. The van der Waals surface area contributed by atoms with Gasteiger partial charge in [-0.25, -0.2) is 4.79 Å². The predicted molar refractivity (Wildman–Crippen MR) is 53.4 cm³/mol. The molecular formula is C10H15NO4. The van der Waals surface area contributed by atoms with Gasteiger partial charge >= 0.3 is 5.97 Å². The third-order valence-corrected chi connectivity index (χ3v) is 2.10. The number of carbonyl (C=O) groups excluding carboxylic acids is 1. The standard InChI is InChI=1S/C10H15NO4/c1-7-5-11(6-8(2)15-7)9(12)3-4-10(13)14/h3-4,7-8H,5-6H2,1-2H3,(H,13,14). The lowest BCUT2D eigenvalue weighted by atomic mass is 10.2. The number of nitrogens with zero attached hydrogens (tertiary/aromatic N) is 1. The van der Waals surface area contributed by atoms with Crippen LogP contribution in [0.3, 0.4) is 0 Å². The van der Waals surface area contributed by atoms with E-state index in [0.717, 1.165) is 12.2 Å². The van der Waals surface area contributed by atoms with Gasteiger partial charge in [-0.1, -0.05) is 0 Å². The SMILES string of the molecule is CC1CN(C(=O)C=CC(=O)O)CC(C)O1. The van der Waals surface area contributed by atoms with Crippen LogP contribution in [0.25, 0.3) is 0 Å². The molecule has 1 saturated heterocycles. The molecule has 1 heterocycles. The van der Waals surface area contributed by atoms with Crippen LogP contribution in [0.5, 0.6) is 0 Å². The number of ether oxygens (including phenoxy) is 1. The van der Waals surface area contributed by atoms with Crippen LogP contribution >= 0.6 is 0 Å². The molecule has 1 fully saturated rings. The number of rotatable bonds is 2. The van der Waals surface area contributed by atoms with Gasteiger partial charge in [0.2, 0.25) is 5.91 Å². The fourth-order valence-corrected chi connectivity index (χ4v) is 1.61. The third kappa shape index (κ3) is 3.71. The van der Waals surface area contributed by atoms with E-state index in [1.165, 1.54) is 0 Å². The van der Waals surface area contributed by atoms with E-state index in [4.69, 9.17) is 9.84 Å². The van der Waals surface area contributed by atoms with Crippen molar-refractivity contribution >= 4 is 11.9 Å². The number of hydrogen-bond acceptors (Lipinski definition) is 3. The first-order chi connectivity index (χ1) is 6.99. The smallest absolute Gasteiger partial charge is 0.328 e. The lowest BCUT2D eigenvalue weighted by molar-refractivity contribution is -0.138. The van der Waals surface area contributed by atoms with Crippen LogP contribution < -0.4 is 0 Å². The summed E-state index contributed by atoms with van der Waals surface area (Å²) in [5.74, 6) is -1.39. The van der Waals surface area contributed by atoms with E-state index in [0.29, 0.717) is 13.1 Å². The maximum atomic E-state index is 11.5. The summed E-state index contributed by atoms with van der Waals surface area (Å²) >= 11 is 0. The molecule has 0 bridgehead atoms. The minimum Gasteiger partial charge on any atom is -0.478 e. The number of aliphatic carboxylic acids is 1. The zero-order valence-electron chi connectivity index (χ0n) is 8.84. The van der Waals surface area contributed by atoms with Gasteiger partial charge in [0.15, 0.2) is 0 Å². The van der Waals surface area contributed by atoms with Crippen LogP contribution in [-0.2, 0) is 14.3 Å². The third-order valence-electron chi connectivity index (χ3n) is 2.10. The second kappa shape index (κ2) is 4.93. The molecule has 1 amide bonds. The van der Waals surface area contributed by atoms with Gasteiger partial charge in [-0.2, -0.15) is 0 Å². The highest BCUT2D eigenvalue weighted by atomic mass is 16.5. The highest BCUT2D eigenvalue weighted by Crippen LogP contribution is 2.10. The fourth-order valence-electron chi connectivity index (χ4n) is 1.61. The Morgan fingerprint density at radius 1 is 1.27 bits per heavy atom. The molecule has 1 rings (SSSR count). The van der Waals surface area contributed by atoms with E-state index in [9.17, 15) is 9.59 Å². The summed E-state index contributed by atoms with van der Waals surface area (Å²) in [5.41, 5.74) is 0. The molecule has 0 aromatic rings. The summed E-state index contributed by atoms with van der Waals surface area (Å²) < 4.78 is 5.46. The zero-order valence-corrected chi connectivity index (χ0v) is 8.84. The van der Waals surface area contributed by atoms with Gasteiger partial charge in [0.1, 0.15) is 0 Å². The van der Waals surface area contributed by atoms with Gasteiger partial charge in [0, 0.05) is 25.2 Å². The maximum absolute atomic E-state index is 11.5. The van der Waals surface area contributed by atoms with Crippen molar-refractivity contribution in [2.24, 2.45) is 0 Å². The van der Waals surface area contributed by atoms with Crippen molar-refractivity contribution in [1.82, 2.24) is 4.90 Å². The topological polar surface area (TPSA) is 66.8 Å². The van der Waals surface area contributed by atoms with Gasteiger partial charge in [0.05, 0.1) is 12.2 Å². The summed E-state index contributed by atoms with van der Waals surface area (Å²) in [7, 11) is 0. The maximum Gasteiger partial charge on any atom is 0.328 e. The molecule has 2 unspecified atom stereocenters. The molecule has 1 N–H and O–H groups in total. The van der Waals surface area contributed by atoms with Gasteiger partial charge in [-0.05, 0) is 13.8 Å². The van der Waals surface area contributed by atoms with Gasteiger partial charge in [0.25, 0.3) is 0 Å². The second-order valence-corrected chi connectivity index (χ2v) is 3.67. The Balaban J connectivity index is 2.55. The molecule has 5 heteroatoms. The molecule has 0 aromatic carbocycles. The van der Waals surface area contributed by atoms with Crippen molar-refractivity contribution < 1.29 is 19.4 Å². The summed E-state index contributed by atoms with van der Waals surface area (Å²) in [5, 5.41) is 8.38. The monoisotopic (exact) mass is 213 g/mol. The van der Waals surface area contributed by atoms with Crippen molar-refractivity contribution in [3.8, 4) is 0 Å². The van der Waals surface area contributed by atoms with E-state index in [-0.39, 0.29) is 18.1 Å².